The zero-order chi connectivity index (χ0) is 11.8. The molecule has 2 nitrogen and oxygen atoms in total. The van der Waals surface area contributed by atoms with Crippen molar-refractivity contribution in [3.8, 4) is 0 Å². The van der Waals surface area contributed by atoms with Gasteiger partial charge in [0.25, 0.3) is 0 Å². The highest BCUT2D eigenvalue weighted by Gasteiger charge is 2.31. The van der Waals surface area contributed by atoms with Crippen LogP contribution in [0.15, 0.2) is 27.5 Å². The Morgan fingerprint density at radius 1 is 1.38 bits per heavy atom. The lowest BCUT2D eigenvalue weighted by molar-refractivity contribution is -0.0328. The minimum Gasteiger partial charge on any atom is -0.439 e. The van der Waals surface area contributed by atoms with E-state index in [9.17, 15) is 13.2 Å². The second-order valence-electron chi connectivity index (χ2n) is 2.89. The van der Waals surface area contributed by atoms with Gasteiger partial charge in [0.05, 0.1) is 10.2 Å². The van der Waals surface area contributed by atoms with E-state index in [4.69, 9.17) is 4.42 Å². The fourth-order valence-corrected chi connectivity index (χ4v) is 2.11. The highest BCUT2D eigenvalue weighted by atomic mass is 79.9. The van der Waals surface area contributed by atoms with Crippen LogP contribution in [0.4, 0.5) is 13.2 Å². The molecule has 1 heterocycles. The Morgan fingerprint density at radius 3 is 2.75 bits per heavy atom. The van der Waals surface area contributed by atoms with E-state index in [-0.39, 0.29) is 22.2 Å². The molecule has 0 fully saturated rings. The van der Waals surface area contributed by atoms with Crippen LogP contribution >= 0.6 is 27.7 Å². The highest BCUT2D eigenvalue weighted by Crippen LogP contribution is 2.40. The number of para-hydroxylation sites is 1. The largest absolute Gasteiger partial charge is 0.446 e. The van der Waals surface area contributed by atoms with Crippen LogP contribution in [0.25, 0.3) is 11.1 Å². The number of hydrogen-bond acceptors (Lipinski definition) is 3. The van der Waals surface area contributed by atoms with E-state index in [1.54, 1.807) is 6.07 Å². The Bertz CT molecular complexity index is 511. The van der Waals surface area contributed by atoms with Crippen molar-refractivity contribution in [2.24, 2.45) is 0 Å². The first-order valence-corrected chi connectivity index (χ1v) is 6.13. The topological polar surface area (TPSA) is 26.0 Å². The predicted molar refractivity (Wildman–Crippen MR) is 58.6 cm³/mol. The molecule has 1 aromatic heterocycles. The van der Waals surface area contributed by atoms with Gasteiger partial charge in [-0.15, -0.1) is 0 Å². The number of oxazole rings is 1. The second-order valence-corrected chi connectivity index (χ2v) is 4.56. The summed E-state index contributed by atoms with van der Waals surface area (Å²) in [6.07, 6.45) is 0. The van der Waals surface area contributed by atoms with Gasteiger partial charge in [-0.25, -0.2) is 4.98 Å². The Hall–Kier alpha value is -0.690. The Kier molecular flexibility index (Phi) is 3.16. The van der Waals surface area contributed by atoms with Crippen molar-refractivity contribution in [3.05, 3.63) is 24.1 Å². The average molecular weight is 312 g/mol. The summed E-state index contributed by atoms with van der Waals surface area (Å²) in [5.41, 5.74) is -3.71. The maximum atomic E-state index is 12.2. The van der Waals surface area contributed by atoms with E-state index in [0.29, 0.717) is 16.7 Å². The lowest BCUT2D eigenvalue weighted by Gasteiger charge is -2.04. The third kappa shape index (κ3) is 2.52. The normalized spacial score (nSPS) is 12.2. The molecule has 0 atom stereocenters. The molecular formula is C9H5BrF3NOS. The Balaban J connectivity index is 2.48. The molecule has 0 aliphatic heterocycles. The number of rotatable bonds is 2. The predicted octanol–water partition coefficient (Wildman–Crippen LogP) is 4.33. The molecule has 0 radical (unpaired) electrons. The summed E-state index contributed by atoms with van der Waals surface area (Å²) in [7, 11) is 0. The minimum atomic E-state index is -4.32. The molecule has 0 aliphatic carbocycles. The highest BCUT2D eigenvalue weighted by molar-refractivity contribution is 9.08. The molecule has 0 aliphatic rings. The standard InChI is InChI=1S/C9H5BrF3NOS/c10-4-7-14-5-2-1-3-6(8(5)15-7)16-9(11,12)13/h1-3H,4H2. The SMILES string of the molecule is FC(F)(F)Sc1cccc2nc(CBr)oc12. The molecule has 0 amide bonds. The molecule has 0 bridgehead atoms. The fraction of sp³-hybridized carbons (Fsp3) is 0.222. The van der Waals surface area contributed by atoms with Crippen molar-refractivity contribution >= 4 is 38.8 Å². The van der Waals surface area contributed by atoms with E-state index in [0.717, 1.165) is 0 Å². The molecule has 1 aromatic carbocycles. The summed E-state index contributed by atoms with van der Waals surface area (Å²) >= 11 is 2.94. The molecule has 7 heteroatoms. The number of nitrogens with zero attached hydrogens (tertiary/aromatic N) is 1. The number of halogens is 4. The van der Waals surface area contributed by atoms with Crippen LogP contribution in [0.2, 0.25) is 0 Å². The molecule has 0 saturated heterocycles. The lowest BCUT2D eigenvalue weighted by Crippen LogP contribution is -1.98. The number of thioether (sulfide) groups is 1. The first kappa shape index (κ1) is 11.8. The monoisotopic (exact) mass is 311 g/mol. The lowest BCUT2D eigenvalue weighted by atomic mass is 10.3. The molecule has 2 rings (SSSR count). The number of hydrogen-bond donors (Lipinski definition) is 0. The van der Waals surface area contributed by atoms with Crippen molar-refractivity contribution in [2.45, 2.75) is 15.7 Å². The molecule has 0 saturated carbocycles. The summed E-state index contributed by atoms with van der Waals surface area (Å²) < 4.78 is 42.0. The van der Waals surface area contributed by atoms with Gasteiger partial charge in [0.1, 0.15) is 5.52 Å². The smallest absolute Gasteiger partial charge is 0.439 e. The molecule has 0 N–H and O–H groups in total. The van der Waals surface area contributed by atoms with Gasteiger partial charge in [0.2, 0.25) is 5.89 Å². The summed E-state index contributed by atoms with van der Waals surface area (Å²) in [6, 6.07) is 4.51. The molecule has 86 valence electrons. The van der Waals surface area contributed by atoms with Gasteiger partial charge in [0, 0.05) is 0 Å². The number of alkyl halides is 4. The van der Waals surface area contributed by atoms with Crippen LogP contribution in [-0.2, 0) is 5.33 Å². The Morgan fingerprint density at radius 2 is 2.12 bits per heavy atom. The van der Waals surface area contributed by atoms with E-state index in [1.165, 1.54) is 12.1 Å². The van der Waals surface area contributed by atoms with E-state index < -0.39 is 5.51 Å². The van der Waals surface area contributed by atoms with E-state index in [2.05, 4.69) is 20.9 Å². The summed E-state index contributed by atoms with van der Waals surface area (Å²) in [4.78, 5) is 4.06. The van der Waals surface area contributed by atoms with Crippen molar-refractivity contribution in [1.82, 2.24) is 4.98 Å². The molecular weight excluding hydrogens is 307 g/mol. The quantitative estimate of drug-likeness (QED) is 0.609. The maximum absolute atomic E-state index is 12.2. The van der Waals surface area contributed by atoms with Crippen LogP contribution < -0.4 is 0 Å². The molecule has 16 heavy (non-hydrogen) atoms. The van der Waals surface area contributed by atoms with Gasteiger partial charge in [-0.2, -0.15) is 13.2 Å². The van der Waals surface area contributed by atoms with E-state index >= 15 is 0 Å². The van der Waals surface area contributed by atoms with Crippen LogP contribution in [0.5, 0.6) is 0 Å². The third-order valence-electron chi connectivity index (χ3n) is 1.76. The fourth-order valence-electron chi connectivity index (χ4n) is 1.23. The molecule has 0 spiro atoms. The van der Waals surface area contributed by atoms with Gasteiger partial charge < -0.3 is 4.42 Å². The van der Waals surface area contributed by atoms with E-state index in [1.807, 2.05) is 0 Å². The number of fused-ring (bicyclic) bond motifs is 1. The number of benzene rings is 1. The van der Waals surface area contributed by atoms with Gasteiger partial charge in [-0.3, -0.25) is 0 Å². The average Bonchev–Trinajstić information content (AvgIpc) is 2.59. The first-order valence-electron chi connectivity index (χ1n) is 4.20. The van der Waals surface area contributed by atoms with Crippen molar-refractivity contribution in [3.63, 3.8) is 0 Å². The molecule has 0 unspecified atom stereocenters. The number of aromatic nitrogens is 1. The zero-order valence-corrected chi connectivity index (χ0v) is 10.1. The van der Waals surface area contributed by atoms with Crippen LogP contribution in [0, 0.1) is 0 Å². The van der Waals surface area contributed by atoms with Crippen molar-refractivity contribution < 1.29 is 17.6 Å². The molecule has 2 aromatic rings. The van der Waals surface area contributed by atoms with Gasteiger partial charge in [0.15, 0.2) is 5.58 Å². The minimum absolute atomic E-state index is 0.0321. The first-order chi connectivity index (χ1) is 7.49. The zero-order valence-electron chi connectivity index (χ0n) is 7.71. The second kappa shape index (κ2) is 4.29. The van der Waals surface area contributed by atoms with Crippen molar-refractivity contribution in [1.29, 1.82) is 0 Å². The van der Waals surface area contributed by atoms with Crippen LogP contribution in [0.1, 0.15) is 5.89 Å². The van der Waals surface area contributed by atoms with Gasteiger partial charge in [-0.1, -0.05) is 22.0 Å². The Labute approximate surface area is 101 Å². The summed E-state index contributed by atoms with van der Waals surface area (Å²) in [6.45, 7) is 0. The maximum Gasteiger partial charge on any atom is 0.446 e. The van der Waals surface area contributed by atoms with Crippen LogP contribution in [0.3, 0.4) is 0 Å². The summed E-state index contributed by atoms with van der Waals surface area (Å²) in [5.74, 6) is 0.366. The van der Waals surface area contributed by atoms with Crippen molar-refractivity contribution in [2.75, 3.05) is 0 Å². The van der Waals surface area contributed by atoms with Gasteiger partial charge >= 0.3 is 5.51 Å². The summed E-state index contributed by atoms with van der Waals surface area (Å²) in [5, 5.41) is 0.373. The third-order valence-corrected chi connectivity index (χ3v) is 3.02. The van der Waals surface area contributed by atoms with Gasteiger partial charge in [-0.05, 0) is 23.9 Å². The van der Waals surface area contributed by atoms with Crippen LogP contribution in [-0.4, -0.2) is 10.5 Å².